The SMILES string of the molecule is C=[CH][Sn]([Cl])([Cl])[CH2]CCC. The van der Waals surface area contributed by atoms with Gasteiger partial charge in [-0.2, -0.15) is 0 Å². The first-order valence-electron chi connectivity index (χ1n) is 3.14. The van der Waals surface area contributed by atoms with Crippen molar-refractivity contribution in [1.82, 2.24) is 0 Å². The molecule has 9 heavy (non-hydrogen) atoms. The van der Waals surface area contributed by atoms with Crippen LogP contribution < -0.4 is 0 Å². The summed E-state index contributed by atoms with van der Waals surface area (Å²) in [5.74, 6) is 0. The van der Waals surface area contributed by atoms with Crippen LogP contribution in [0.5, 0.6) is 0 Å². The average Bonchev–Trinajstić information content (AvgIpc) is 1.84. The minimum absolute atomic E-state index is 1.01. The van der Waals surface area contributed by atoms with Crippen molar-refractivity contribution < 1.29 is 0 Å². The molecule has 0 unspecified atom stereocenters. The molecular formula is C6H12Cl2Sn. The third-order valence-electron chi connectivity index (χ3n) is 1.16. The standard InChI is InChI=1S/C4H9.C2H3.2ClH.Sn/c1-3-4-2;1-2;;;/h1,3-4H2,2H3;1H,2H2;2*1H;/q;;;;+2/p-2. The summed E-state index contributed by atoms with van der Waals surface area (Å²) >= 11 is -2.65. The molecule has 0 rings (SSSR count). The van der Waals surface area contributed by atoms with Crippen molar-refractivity contribution in [3.8, 4) is 0 Å². The molecule has 0 spiro atoms. The Morgan fingerprint density at radius 1 is 1.56 bits per heavy atom. The predicted octanol–water partition coefficient (Wildman–Crippen LogP) is 3.43. The first-order valence-corrected chi connectivity index (χ1v) is 14.0. The Balaban J connectivity index is 3.45. The van der Waals surface area contributed by atoms with E-state index in [4.69, 9.17) is 17.8 Å². The minimum atomic E-state index is -2.65. The second-order valence-electron chi connectivity index (χ2n) is 2.07. The van der Waals surface area contributed by atoms with E-state index in [0.717, 1.165) is 10.9 Å². The summed E-state index contributed by atoms with van der Waals surface area (Å²) in [6.07, 6.45) is 2.32. The Morgan fingerprint density at radius 3 is 2.44 bits per heavy atom. The molecule has 0 heterocycles. The van der Waals surface area contributed by atoms with Crippen molar-refractivity contribution >= 4 is 34.0 Å². The second-order valence-corrected chi connectivity index (χ2v) is 19.4. The van der Waals surface area contributed by atoms with Crippen molar-refractivity contribution in [3.63, 3.8) is 0 Å². The van der Waals surface area contributed by atoms with Crippen LogP contribution in [0.3, 0.4) is 0 Å². The predicted molar refractivity (Wildman–Crippen MR) is 47.4 cm³/mol. The summed E-state index contributed by atoms with van der Waals surface area (Å²) in [6.45, 7) is 5.75. The molecule has 0 aliphatic rings. The van der Waals surface area contributed by atoms with Gasteiger partial charge in [-0.05, 0) is 0 Å². The van der Waals surface area contributed by atoms with E-state index >= 15 is 0 Å². The third-order valence-corrected chi connectivity index (χ3v) is 10.4. The molecule has 54 valence electrons. The summed E-state index contributed by atoms with van der Waals surface area (Å²) in [7, 11) is 11.9. The fourth-order valence-electron chi connectivity index (χ4n) is 0.515. The average molecular weight is 274 g/mol. The molecule has 0 aliphatic carbocycles. The van der Waals surface area contributed by atoms with Gasteiger partial charge in [0.05, 0.1) is 0 Å². The Labute approximate surface area is 68.5 Å². The zero-order chi connectivity index (χ0) is 7.33. The van der Waals surface area contributed by atoms with Gasteiger partial charge in [0.15, 0.2) is 0 Å². The van der Waals surface area contributed by atoms with E-state index in [1.807, 2.05) is 0 Å². The second kappa shape index (κ2) is 4.86. The topological polar surface area (TPSA) is 0 Å². The van der Waals surface area contributed by atoms with Gasteiger partial charge >= 0.3 is 68.8 Å². The van der Waals surface area contributed by atoms with Crippen LogP contribution in [0, 0.1) is 0 Å². The normalized spacial score (nSPS) is 11.4. The van der Waals surface area contributed by atoms with Crippen LogP contribution in [-0.4, -0.2) is 16.1 Å². The number of hydrogen-bond acceptors (Lipinski definition) is 0. The number of rotatable bonds is 4. The van der Waals surface area contributed by atoms with E-state index in [0.29, 0.717) is 0 Å². The van der Waals surface area contributed by atoms with Gasteiger partial charge < -0.3 is 0 Å². The van der Waals surface area contributed by atoms with Crippen molar-refractivity contribution in [3.05, 3.63) is 10.7 Å². The Hall–Kier alpha value is 1.12. The van der Waals surface area contributed by atoms with Crippen LogP contribution in [0.1, 0.15) is 19.8 Å². The first kappa shape index (κ1) is 10.1. The maximum absolute atomic E-state index is 5.96. The summed E-state index contributed by atoms with van der Waals surface area (Å²) in [6, 6.07) is 0. The van der Waals surface area contributed by atoms with Gasteiger partial charge in [0.1, 0.15) is 0 Å². The van der Waals surface area contributed by atoms with E-state index in [9.17, 15) is 0 Å². The molecule has 0 amide bonds. The van der Waals surface area contributed by atoms with Gasteiger partial charge in [-0.3, -0.25) is 0 Å². The van der Waals surface area contributed by atoms with Crippen molar-refractivity contribution in [1.29, 1.82) is 0 Å². The molecule has 0 aromatic carbocycles. The molecule has 0 N–H and O–H groups in total. The molecule has 0 saturated carbocycles. The van der Waals surface area contributed by atoms with Crippen LogP contribution in [0.4, 0.5) is 0 Å². The van der Waals surface area contributed by atoms with Gasteiger partial charge in [0.25, 0.3) is 0 Å². The third kappa shape index (κ3) is 5.56. The maximum atomic E-state index is 5.96. The summed E-state index contributed by atoms with van der Waals surface area (Å²) < 4.78 is 2.80. The molecule has 0 atom stereocenters. The number of unbranched alkanes of at least 4 members (excludes halogenated alkanes) is 1. The molecule has 0 radical (unpaired) electrons. The van der Waals surface area contributed by atoms with Gasteiger partial charge in [0.2, 0.25) is 0 Å². The molecular weight excluding hydrogens is 262 g/mol. The summed E-state index contributed by atoms with van der Waals surface area (Å²) in [5.41, 5.74) is 0. The molecule has 0 nitrogen and oxygen atoms in total. The van der Waals surface area contributed by atoms with Gasteiger partial charge in [-0.1, -0.05) is 0 Å². The van der Waals surface area contributed by atoms with Crippen LogP contribution in [0.15, 0.2) is 10.7 Å². The van der Waals surface area contributed by atoms with Crippen LogP contribution in [0.2, 0.25) is 4.44 Å². The Bertz CT molecular complexity index is 91.1. The summed E-state index contributed by atoms with van der Waals surface area (Å²) in [5, 5.41) is 0. The van der Waals surface area contributed by atoms with E-state index in [1.54, 1.807) is 4.09 Å². The number of halogens is 2. The van der Waals surface area contributed by atoms with E-state index in [1.165, 1.54) is 6.42 Å². The van der Waals surface area contributed by atoms with Crippen molar-refractivity contribution in [2.75, 3.05) is 0 Å². The molecule has 0 saturated heterocycles. The molecule has 0 aromatic heterocycles. The zero-order valence-electron chi connectivity index (χ0n) is 5.66. The van der Waals surface area contributed by atoms with E-state index in [-0.39, 0.29) is 0 Å². The zero-order valence-corrected chi connectivity index (χ0v) is 10.0. The summed E-state index contributed by atoms with van der Waals surface area (Å²) in [4.78, 5) is 0. The van der Waals surface area contributed by atoms with Gasteiger partial charge in [-0.15, -0.1) is 0 Å². The van der Waals surface area contributed by atoms with Gasteiger partial charge in [0, 0.05) is 0 Å². The Morgan fingerprint density at radius 2 is 2.11 bits per heavy atom. The first-order chi connectivity index (χ1) is 4.12. The fourth-order valence-corrected chi connectivity index (χ4v) is 5.24. The molecule has 3 heteroatoms. The van der Waals surface area contributed by atoms with Gasteiger partial charge in [-0.25, -0.2) is 0 Å². The van der Waals surface area contributed by atoms with Crippen molar-refractivity contribution in [2.45, 2.75) is 24.2 Å². The number of hydrogen-bond donors (Lipinski definition) is 0. The van der Waals surface area contributed by atoms with E-state index in [2.05, 4.69) is 13.5 Å². The monoisotopic (exact) mass is 274 g/mol. The van der Waals surface area contributed by atoms with Crippen LogP contribution in [0.25, 0.3) is 0 Å². The molecule has 0 bridgehead atoms. The molecule has 0 fully saturated rings. The Kier molecular flexibility index (Phi) is 5.47. The van der Waals surface area contributed by atoms with Crippen LogP contribution in [-0.2, 0) is 0 Å². The molecule has 0 aromatic rings. The van der Waals surface area contributed by atoms with Crippen LogP contribution >= 0.6 is 17.8 Å². The van der Waals surface area contributed by atoms with E-state index < -0.39 is 16.1 Å². The quantitative estimate of drug-likeness (QED) is 0.689. The fraction of sp³-hybridized carbons (Fsp3) is 0.667. The van der Waals surface area contributed by atoms with Crippen molar-refractivity contribution in [2.24, 2.45) is 0 Å². The molecule has 0 aliphatic heterocycles.